The summed E-state index contributed by atoms with van der Waals surface area (Å²) >= 11 is 0. The molecule has 0 amide bonds. The van der Waals surface area contributed by atoms with Crippen LogP contribution < -0.4 is 0 Å². The van der Waals surface area contributed by atoms with Gasteiger partial charge in [0.15, 0.2) is 5.92 Å². The smallest absolute Gasteiger partial charge is 0.323 e. The molecule has 5 heteroatoms. The summed E-state index contributed by atoms with van der Waals surface area (Å²) in [6.07, 6.45) is 2.55. The number of rotatable bonds is 5. The Kier molecular flexibility index (Phi) is 5.57. The van der Waals surface area contributed by atoms with Gasteiger partial charge in [0.2, 0.25) is 0 Å². The molecule has 0 saturated heterocycles. The molecule has 1 N–H and O–H groups in total. The highest BCUT2D eigenvalue weighted by Gasteiger charge is 2.52. The molecule has 0 heterocycles. The van der Waals surface area contributed by atoms with E-state index in [-0.39, 0.29) is 18.6 Å². The van der Waals surface area contributed by atoms with Crippen molar-refractivity contribution in [2.75, 3.05) is 13.2 Å². The quantitative estimate of drug-likeness (QED) is 0.618. The zero-order valence-corrected chi connectivity index (χ0v) is 12.9. The van der Waals surface area contributed by atoms with Crippen LogP contribution in [0.3, 0.4) is 0 Å². The molecule has 5 nitrogen and oxygen atoms in total. The standard InChI is InChI=1S/C15H26O5/c1-5-19-12(16)11(13(17)20-6-2)15(18)9-7-8-14(3,4)10-15/h11,18H,5-10H2,1-4H3. The van der Waals surface area contributed by atoms with E-state index < -0.39 is 23.5 Å². The summed E-state index contributed by atoms with van der Waals surface area (Å²) in [7, 11) is 0. The van der Waals surface area contributed by atoms with Gasteiger partial charge in [-0.2, -0.15) is 0 Å². The van der Waals surface area contributed by atoms with Gasteiger partial charge >= 0.3 is 11.9 Å². The van der Waals surface area contributed by atoms with E-state index in [0.717, 1.165) is 12.8 Å². The lowest BCUT2D eigenvalue weighted by atomic mass is 9.65. The first-order valence-corrected chi connectivity index (χ1v) is 7.31. The fourth-order valence-corrected chi connectivity index (χ4v) is 3.11. The second-order valence-corrected chi connectivity index (χ2v) is 6.24. The summed E-state index contributed by atoms with van der Waals surface area (Å²) in [6.45, 7) is 7.77. The molecule has 1 aliphatic carbocycles. The number of aliphatic hydroxyl groups is 1. The van der Waals surface area contributed by atoms with Crippen LogP contribution in [-0.4, -0.2) is 35.9 Å². The van der Waals surface area contributed by atoms with Crippen molar-refractivity contribution in [3.63, 3.8) is 0 Å². The highest BCUT2D eigenvalue weighted by atomic mass is 16.6. The zero-order chi connectivity index (χ0) is 15.4. The molecule has 1 fully saturated rings. The molecule has 1 unspecified atom stereocenters. The first-order chi connectivity index (χ1) is 9.25. The van der Waals surface area contributed by atoms with Gasteiger partial charge in [-0.1, -0.05) is 20.3 Å². The van der Waals surface area contributed by atoms with Crippen LogP contribution in [0, 0.1) is 11.3 Å². The molecule has 1 rings (SSSR count). The van der Waals surface area contributed by atoms with E-state index >= 15 is 0 Å². The fourth-order valence-electron chi connectivity index (χ4n) is 3.11. The molecule has 0 aromatic carbocycles. The minimum atomic E-state index is -1.37. The van der Waals surface area contributed by atoms with E-state index in [2.05, 4.69) is 0 Å². The van der Waals surface area contributed by atoms with Crippen molar-refractivity contribution in [2.45, 2.75) is 59.0 Å². The average Bonchev–Trinajstić information content (AvgIpc) is 2.27. The van der Waals surface area contributed by atoms with Crippen LogP contribution in [0.5, 0.6) is 0 Å². The van der Waals surface area contributed by atoms with Gasteiger partial charge in [0.1, 0.15) is 0 Å². The molecular formula is C15H26O5. The van der Waals surface area contributed by atoms with Crippen molar-refractivity contribution in [2.24, 2.45) is 11.3 Å². The minimum absolute atomic E-state index is 0.107. The Morgan fingerprint density at radius 3 is 2.00 bits per heavy atom. The summed E-state index contributed by atoms with van der Waals surface area (Å²) in [6, 6.07) is 0. The van der Waals surface area contributed by atoms with Gasteiger partial charge in [-0.15, -0.1) is 0 Å². The molecule has 0 bridgehead atoms. The fraction of sp³-hybridized carbons (Fsp3) is 0.867. The topological polar surface area (TPSA) is 72.8 Å². The van der Waals surface area contributed by atoms with Gasteiger partial charge in [0.25, 0.3) is 0 Å². The molecule has 116 valence electrons. The number of carbonyl (C=O) groups is 2. The lowest BCUT2D eigenvalue weighted by molar-refractivity contribution is -0.180. The molecule has 0 radical (unpaired) electrons. The predicted octanol–water partition coefficient (Wildman–Crippen LogP) is 2.06. The zero-order valence-electron chi connectivity index (χ0n) is 12.9. The monoisotopic (exact) mass is 286 g/mol. The van der Waals surface area contributed by atoms with Crippen molar-refractivity contribution in [3.05, 3.63) is 0 Å². The second kappa shape index (κ2) is 6.57. The highest BCUT2D eigenvalue weighted by molar-refractivity contribution is 5.96. The Morgan fingerprint density at radius 1 is 1.10 bits per heavy atom. The van der Waals surface area contributed by atoms with Crippen molar-refractivity contribution >= 4 is 11.9 Å². The van der Waals surface area contributed by atoms with E-state index in [4.69, 9.17) is 9.47 Å². The minimum Gasteiger partial charge on any atom is -0.465 e. The Labute approximate surface area is 120 Å². The first-order valence-electron chi connectivity index (χ1n) is 7.31. The van der Waals surface area contributed by atoms with Crippen LogP contribution in [0.1, 0.15) is 53.4 Å². The molecule has 20 heavy (non-hydrogen) atoms. The molecule has 0 spiro atoms. The Hall–Kier alpha value is -1.10. The van der Waals surface area contributed by atoms with Gasteiger partial charge in [0, 0.05) is 0 Å². The molecular weight excluding hydrogens is 260 g/mol. The summed E-state index contributed by atoms with van der Waals surface area (Å²) in [5, 5.41) is 10.9. The lowest BCUT2D eigenvalue weighted by Gasteiger charge is -2.43. The van der Waals surface area contributed by atoms with Gasteiger partial charge in [-0.3, -0.25) is 9.59 Å². The summed E-state index contributed by atoms with van der Waals surface area (Å²) in [5.41, 5.74) is -1.48. The summed E-state index contributed by atoms with van der Waals surface area (Å²) in [4.78, 5) is 24.2. The van der Waals surface area contributed by atoms with E-state index in [1.807, 2.05) is 13.8 Å². The molecule has 0 aromatic rings. The van der Waals surface area contributed by atoms with Crippen LogP contribution in [-0.2, 0) is 19.1 Å². The number of hydrogen-bond acceptors (Lipinski definition) is 5. The van der Waals surface area contributed by atoms with Crippen molar-refractivity contribution in [3.8, 4) is 0 Å². The normalized spacial score (nSPS) is 25.3. The third-order valence-electron chi connectivity index (χ3n) is 3.83. The average molecular weight is 286 g/mol. The van der Waals surface area contributed by atoms with Gasteiger partial charge in [-0.05, 0) is 38.5 Å². The molecule has 1 saturated carbocycles. The number of esters is 2. The van der Waals surface area contributed by atoms with E-state index in [9.17, 15) is 14.7 Å². The van der Waals surface area contributed by atoms with Crippen LogP contribution in [0.2, 0.25) is 0 Å². The van der Waals surface area contributed by atoms with Crippen LogP contribution in [0.4, 0.5) is 0 Å². The van der Waals surface area contributed by atoms with Crippen molar-refractivity contribution < 1.29 is 24.2 Å². The van der Waals surface area contributed by atoms with Gasteiger partial charge in [0.05, 0.1) is 18.8 Å². The Bertz CT molecular complexity index is 345. The largest absolute Gasteiger partial charge is 0.465 e. The maximum absolute atomic E-state index is 12.1. The summed E-state index contributed by atoms with van der Waals surface area (Å²) < 4.78 is 9.92. The predicted molar refractivity (Wildman–Crippen MR) is 74.0 cm³/mol. The maximum Gasteiger partial charge on any atom is 0.323 e. The maximum atomic E-state index is 12.1. The SMILES string of the molecule is CCOC(=O)C(C(=O)OCC)C1(O)CCCC(C)(C)C1. The van der Waals surface area contributed by atoms with Crippen LogP contribution in [0.15, 0.2) is 0 Å². The van der Waals surface area contributed by atoms with Gasteiger partial charge < -0.3 is 14.6 Å². The van der Waals surface area contributed by atoms with Crippen molar-refractivity contribution in [1.29, 1.82) is 0 Å². The van der Waals surface area contributed by atoms with Gasteiger partial charge in [-0.25, -0.2) is 0 Å². The molecule has 1 atom stereocenters. The number of ether oxygens (including phenoxy) is 2. The van der Waals surface area contributed by atoms with E-state index in [1.54, 1.807) is 13.8 Å². The third kappa shape index (κ3) is 3.95. The number of carbonyl (C=O) groups excluding carboxylic acids is 2. The molecule has 1 aliphatic rings. The van der Waals surface area contributed by atoms with Crippen LogP contribution in [0.25, 0.3) is 0 Å². The molecule has 0 aromatic heterocycles. The summed E-state index contributed by atoms with van der Waals surface area (Å²) in [5.74, 6) is -2.63. The van der Waals surface area contributed by atoms with Crippen LogP contribution >= 0.6 is 0 Å². The highest BCUT2D eigenvalue weighted by Crippen LogP contribution is 2.45. The van der Waals surface area contributed by atoms with Crippen molar-refractivity contribution in [1.82, 2.24) is 0 Å². The lowest BCUT2D eigenvalue weighted by Crippen LogP contribution is -2.52. The number of hydrogen-bond donors (Lipinski definition) is 1. The Morgan fingerprint density at radius 2 is 1.60 bits per heavy atom. The first kappa shape index (κ1) is 17.0. The van der Waals surface area contributed by atoms with E-state index in [1.165, 1.54) is 0 Å². The Balaban J connectivity index is 3.01. The van der Waals surface area contributed by atoms with E-state index in [0.29, 0.717) is 12.8 Å². The molecule has 0 aliphatic heterocycles. The second-order valence-electron chi connectivity index (χ2n) is 6.24. The third-order valence-corrected chi connectivity index (χ3v) is 3.83.